The summed E-state index contributed by atoms with van der Waals surface area (Å²) in [7, 11) is 1.42. The molecule has 0 aliphatic heterocycles. The molecular formula is C10H13N3O5. The van der Waals surface area contributed by atoms with Gasteiger partial charge in [-0.1, -0.05) is 0 Å². The lowest BCUT2D eigenvalue weighted by molar-refractivity contribution is -0.384. The Balaban J connectivity index is 2.90. The highest BCUT2D eigenvalue weighted by Crippen LogP contribution is 2.28. The predicted octanol–water partition coefficient (Wildman–Crippen LogP) is -0.139. The number of rotatable bonds is 6. The van der Waals surface area contributed by atoms with Gasteiger partial charge in [0.1, 0.15) is 17.5 Å². The highest BCUT2D eigenvalue weighted by atomic mass is 16.6. The zero-order valence-corrected chi connectivity index (χ0v) is 9.62. The third-order valence-corrected chi connectivity index (χ3v) is 2.21. The van der Waals surface area contributed by atoms with Crippen LogP contribution in [0.2, 0.25) is 0 Å². The number of carbonyl (C=O) groups excluding carboxylic acids is 1. The number of benzene rings is 1. The summed E-state index contributed by atoms with van der Waals surface area (Å²) in [6.45, 7) is -0.219. The zero-order chi connectivity index (χ0) is 13.7. The molecular weight excluding hydrogens is 242 g/mol. The Morgan fingerprint density at radius 1 is 1.67 bits per heavy atom. The number of nitrogens with two attached hydrogens (primary N) is 1. The zero-order valence-electron chi connectivity index (χ0n) is 9.62. The molecule has 1 aromatic carbocycles. The number of nitro groups is 1. The van der Waals surface area contributed by atoms with E-state index < -0.39 is 16.9 Å². The van der Waals surface area contributed by atoms with Crippen molar-refractivity contribution in [2.45, 2.75) is 6.10 Å². The third kappa shape index (κ3) is 3.32. The molecule has 0 aliphatic rings. The molecule has 4 N–H and O–H groups in total. The molecule has 0 bridgehead atoms. The van der Waals surface area contributed by atoms with Crippen molar-refractivity contribution < 1.29 is 19.6 Å². The molecule has 0 aromatic heterocycles. The number of hydrogen-bond acceptors (Lipinski definition) is 6. The number of nitrogens with zero attached hydrogens (tertiary/aromatic N) is 1. The van der Waals surface area contributed by atoms with Crippen LogP contribution in [0.4, 0.5) is 11.4 Å². The molecule has 0 heterocycles. The number of anilines is 1. The van der Waals surface area contributed by atoms with Crippen LogP contribution in [0, 0.1) is 10.1 Å². The summed E-state index contributed by atoms with van der Waals surface area (Å²) >= 11 is 0. The van der Waals surface area contributed by atoms with Crippen molar-refractivity contribution in [1.29, 1.82) is 0 Å². The van der Waals surface area contributed by atoms with Crippen LogP contribution in [0.1, 0.15) is 0 Å². The maximum Gasteiger partial charge on any atom is 0.292 e. The molecule has 0 fully saturated rings. The van der Waals surface area contributed by atoms with E-state index in [0.717, 1.165) is 0 Å². The Bertz CT molecular complexity index is 463. The smallest absolute Gasteiger partial charge is 0.292 e. The van der Waals surface area contributed by atoms with Crippen molar-refractivity contribution >= 4 is 17.3 Å². The first kappa shape index (κ1) is 13.7. The number of nitro benzene ring substituents is 1. The van der Waals surface area contributed by atoms with Crippen LogP contribution in [0.3, 0.4) is 0 Å². The molecule has 0 saturated heterocycles. The summed E-state index contributed by atoms with van der Waals surface area (Å²) < 4.78 is 4.93. The van der Waals surface area contributed by atoms with Crippen LogP contribution < -0.4 is 15.8 Å². The van der Waals surface area contributed by atoms with Gasteiger partial charge in [-0.15, -0.1) is 0 Å². The van der Waals surface area contributed by atoms with Crippen LogP contribution in [-0.2, 0) is 4.79 Å². The summed E-state index contributed by atoms with van der Waals surface area (Å²) in [5.74, 6) is -0.496. The van der Waals surface area contributed by atoms with Gasteiger partial charge in [-0.25, -0.2) is 0 Å². The van der Waals surface area contributed by atoms with E-state index in [2.05, 4.69) is 5.32 Å². The molecule has 1 atom stereocenters. The Kier molecular flexibility index (Phi) is 4.44. The number of primary amides is 1. The Morgan fingerprint density at radius 3 is 2.83 bits per heavy atom. The second kappa shape index (κ2) is 5.82. The van der Waals surface area contributed by atoms with E-state index in [9.17, 15) is 20.0 Å². The first-order valence-corrected chi connectivity index (χ1v) is 4.99. The van der Waals surface area contributed by atoms with Gasteiger partial charge >= 0.3 is 0 Å². The van der Waals surface area contributed by atoms with Crippen LogP contribution in [0.15, 0.2) is 18.2 Å². The third-order valence-electron chi connectivity index (χ3n) is 2.21. The molecule has 1 amide bonds. The summed E-state index contributed by atoms with van der Waals surface area (Å²) in [5.41, 5.74) is 4.82. The van der Waals surface area contributed by atoms with E-state index in [0.29, 0.717) is 5.75 Å². The maximum absolute atomic E-state index is 10.8. The highest BCUT2D eigenvalue weighted by molar-refractivity contribution is 5.79. The fourth-order valence-corrected chi connectivity index (χ4v) is 1.25. The van der Waals surface area contributed by atoms with Gasteiger partial charge in [0.2, 0.25) is 5.91 Å². The molecule has 8 nitrogen and oxygen atoms in total. The van der Waals surface area contributed by atoms with Gasteiger partial charge in [-0.2, -0.15) is 0 Å². The van der Waals surface area contributed by atoms with Crippen molar-refractivity contribution in [3.05, 3.63) is 28.3 Å². The predicted molar refractivity (Wildman–Crippen MR) is 63.3 cm³/mol. The van der Waals surface area contributed by atoms with Gasteiger partial charge < -0.3 is 20.9 Å². The van der Waals surface area contributed by atoms with E-state index in [1.807, 2.05) is 0 Å². The molecule has 0 radical (unpaired) electrons. The molecule has 1 rings (SSSR count). The largest absolute Gasteiger partial charge is 0.497 e. The minimum atomic E-state index is -1.42. The number of aliphatic hydroxyl groups excluding tert-OH is 1. The highest BCUT2D eigenvalue weighted by Gasteiger charge is 2.17. The fourth-order valence-electron chi connectivity index (χ4n) is 1.25. The van der Waals surface area contributed by atoms with Crippen LogP contribution in [0.25, 0.3) is 0 Å². The molecule has 0 aliphatic carbocycles. The number of amides is 1. The molecule has 8 heteroatoms. The van der Waals surface area contributed by atoms with E-state index in [-0.39, 0.29) is 17.9 Å². The van der Waals surface area contributed by atoms with Gasteiger partial charge in [0, 0.05) is 12.1 Å². The minimum Gasteiger partial charge on any atom is -0.497 e. The first-order valence-electron chi connectivity index (χ1n) is 4.99. The van der Waals surface area contributed by atoms with Gasteiger partial charge in [0.25, 0.3) is 5.69 Å². The van der Waals surface area contributed by atoms with Crippen molar-refractivity contribution in [3.8, 4) is 5.75 Å². The maximum atomic E-state index is 10.8. The minimum absolute atomic E-state index is 0.139. The lowest BCUT2D eigenvalue weighted by atomic mass is 10.2. The SMILES string of the molecule is COc1ccc([N+](=O)[O-])c(NCC(O)C(N)=O)c1. The number of carbonyl (C=O) groups is 1. The Hall–Kier alpha value is -2.35. The van der Waals surface area contributed by atoms with E-state index >= 15 is 0 Å². The van der Waals surface area contributed by atoms with E-state index in [1.165, 1.54) is 25.3 Å². The van der Waals surface area contributed by atoms with E-state index in [4.69, 9.17) is 10.5 Å². The second-order valence-electron chi connectivity index (χ2n) is 3.44. The van der Waals surface area contributed by atoms with Gasteiger partial charge in [0.05, 0.1) is 18.6 Å². The van der Waals surface area contributed by atoms with Gasteiger partial charge in [0.15, 0.2) is 0 Å². The van der Waals surface area contributed by atoms with Crippen molar-refractivity contribution in [1.82, 2.24) is 0 Å². The summed E-state index contributed by atoms with van der Waals surface area (Å²) in [5, 5.41) is 22.6. The van der Waals surface area contributed by atoms with Gasteiger partial charge in [-0.3, -0.25) is 14.9 Å². The number of hydrogen-bond donors (Lipinski definition) is 3. The van der Waals surface area contributed by atoms with Crippen molar-refractivity contribution in [2.24, 2.45) is 5.73 Å². The molecule has 1 unspecified atom stereocenters. The molecule has 0 spiro atoms. The molecule has 98 valence electrons. The van der Waals surface area contributed by atoms with Crippen LogP contribution in [-0.4, -0.2) is 35.7 Å². The van der Waals surface area contributed by atoms with E-state index in [1.54, 1.807) is 0 Å². The first-order chi connectivity index (χ1) is 8.45. The second-order valence-corrected chi connectivity index (χ2v) is 3.44. The molecule has 0 saturated carbocycles. The Labute approximate surface area is 103 Å². The normalized spacial score (nSPS) is 11.7. The average molecular weight is 255 g/mol. The topological polar surface area (TPSA) is 128 Å². The molecule has 1 aromatic rings. The Morgan fingerprint density at radius 2 is 2.33 bits per heavy atom. The van der Waals surface area contributed by atoms with Crippen molar-refractivity contribution in [2.75, 3.05) is 19.0 Å². The standard InChI is InChI=1S/C10H13N3O5/c1-18-6-2-3-8(13(16)17)7(4-6)12-5-9(14)10(11)15/h2-4,9,12,14H,5H2,1H3,(H2,11,15). The lowest BCUT2D eigenvalue weighted by Crippen LogP contribution is -2.34. The summed E-state index contributed by atoms with van der Waals surface area (Å²) in [6, 6.07) is 4.09. The number of nitrogens with one attached hydrogen (secondary N) is 1. The quantitative estimate of drug-likeness (QED) is 0.479. The number of methoxy groups -OCH3 is 1. The lowest BCUT2D eigenvalue weighted by Gasteiger charge is -2.11. The summed E-state index contributed by atoms with van der Waals surface area (Å²) in [4.78, 5) is 20.8. The number of aliphatic hydroxyl groups is 1. The fraction of sp³-hybridized carbons (Fsp3) is 0.300. The van der Waals surface area contributed by atoms with Crippen LogP contribution >= 0.6 is 0 Å². The monoisotopic (exact) mass is 255 g/mol. The van der Waals surface area contributed by atoms with Crippen LogP contribution in [0.5, 0.6) is 5.75 Å². The number of ether oxygens (including phenoxy) is 1. The van der Waals surface area contributed by atoms with Gasteiger partial charge in [-0.05, 0) is 6.07 Å². The average Bonchev–Trinajstić information content (AvgIpc) is 2.34. The summed E-state index contributed by atoms with van der Waals surface area (Å²) in [6.07, 6.45) is -1.42. The van der Waals surface area contributed by atoms with Crippen molar-refractivity contribution in [3.63, 3.8) is 0 Å². The molecule has 18 heavy (non-hydrogen) atoms.